The highest BCUT2D eigenvalue weighted by atomic mass is 16.5. The summed E-state index contributed by atoms with van der Waals surface area (Å²) in [5.41, 5.74) is 1.40. The molecule has 0 aliphatic heterocycles. The summed E-state index contributed by atoms with van der Waals surface area (Å²) in [5, 5.41) is 2.96. The molecule has 25 heavy (non-hydrogen) atoms. The molecule has 1 atom stereocenters. The summed E-state index contributed by atoms with van der Waals surface area (Å²) in [6.07, 6.45) is 0. The van der Waals surface area contributed by atoms with Crippen molar-refractivity contribution in [3.63, 3.8) is 0 Å². The van der Waals surface area contributed by atoms with Gasteiger partial charge in [-0.1, -0.05) is 12.1 Å². The molecule has 6 heteroatoms. The first-order valence-corrected chi connectivity index (χ1v) is 7.78. The van der Waals surface area contributed by atoms with E-state index in [0.717, 1.165) is 11.3 Å². The predicted octanol–water partition coefficient (Wildman–Crippen LogP) is 3.21. The van der Waals surface area contributed by atoms with Gasteiger partial charge in [-0.2, -0.15) is 0 Å². The van der Waals surface area contributed by atoms with Crippen molar-refractivity contribution in [1.29, 1.82) is 0 Å². The van der Waals surface area contributed by atoms with Gasteiger partial charge in [-0.25, -0.2) is 0 Å². The zero-order valence-corrected chi connectivity index (χ0v) is 15.1. The minimum atomic E-state index is -0.234. The number of ether oxygens (including phenoxy) is 4. The highest BCUT2D eigenvalue weighted by Gasteiger charge is 2.18. The van der Waals surface area contributed by atoms with E-state index in [4.69, 9.17) is 18.9 Å². The molecule has 1 N–H and O–H groups in total. The highest BCUT2D eigenvalue weighted by molar-refractivity contribution is 5.95. The van der Waals surface area contributed by atoms with Crippen molar-refractivity contribution >= 4 is 5.91 Å². The maximum Gasteiger partial charge on any atom is 0.252 e. The van der Waals surface area contributed by atoms with Crippen molar-refractivity contribution < 1.29 is 23.7 Å². The largest absolute Gasteiger partial charge is 0.497 e. The Morgan fingerprint density at radius 2 is 1.44 bits per heavy atom. The molecule has 134 valence electrons. The SMILES string of the molecule is COc1ccc([C@H](C)NC(=O)c2cc(OC)c(OC)c(OC)c2)cc1. The van der Waals surface area contributed by atoms with Crippen LogP contribution in [0.1, 0.15) is 28.9 Å². The molecule has 0 heterocycles. The van der Waals surface area contributed by atoms with Gasteiger partial charge >= 0.3 is 0 Å². The Hall–Kier alpha value is -2.89. The molecular formula is C19H23NO5. The molecule has 0 aromatic heterocycles. The molecule has 0 bridgehead atoms. The van der Waals surface area contributed by atoms with Gasteiger partial charge in [-0.05, 0) is 36.8 Å². The molecule has 2 aromatic rings. The average Bonchev–Trinajstić information content (AvgIpc) is 2.66. The molecule has 0 saturated heterocycles. The summed E-state index contributed by atoms with van der Waals surface area (Å²) in [4.78, 5) is 12.6. The first-order valence-electron chi connectivity index (χ1n) is 7.78. The molecule has 0 fully saturated rings. The lowest BCUT2D eigenvalue weighted by atomic mass is 10.1. The van der Waals surface area contributed by atoms with Gasteiger partial charge in [0, 0.05) is 5.56 Å². The first-order chi connectivity index (χ1) is 12.0. The maximum atomic E-state index is 12.6. The standard InChI is InChI=1S/C19H23NO5/c1-12(13-6-8-15(22-2)9-7-13)20-19(21)14-10-16(23-3)18(25-5)17(11-14)24-4/h6-12H,1-5H3,(H,20,21)/t12-/m0/s1. The smallest absolute Gasteiger partial charge is 0.252 e. The molecule has 1 amide bonds. The fraction of sp³-hybridized carbons (Fsp3) is 0.316. The van der Waals surface area contributed by atoms with Gasteiger partial charge in [0.25, 0.3) is 5.91 Å². The number of benzene rings is 2. The van der Waals surface area contributed by atoms with Crippen LogP contribution in [-0.2, 0) is 0 Å². The normalized spacial score (nSPS) is 11.4. The topological polar surface area (TPSA) is 66.0 Å². The van der Waals surface area contributed by atoms with Gasteiger partial charge < -0.3 is 24.3 Å². The molecule has 2 aromatic carbocycles. The van der Waals surface area contributed by atoms with Gasteiger partial charge in [0.2, 0.25) is 5.75 Å². The molecule has 2 rings (SSSR count). The number of carbonyl (C=O) groups is 1. The lowest BCUT2D eigenvalue weighted by Gasteiger charge is -2.17. The van der Waals surface area contributed by atoms with Gasteiger partial charge in [0.05, 0.1) is 34.5 Å². The average molecular weight is 345 g/mol. The summed E-state index contributed by atoms with van der Waals surface area (Å²) in [6.45, 7) is 1.91. The zero-order valence-electron chi connectivity index (χ0n) is 15.1. The third kappa shape index (κ3) is 4.15. The molecule has 0 unspecified atom stereocenters. The van der Waals surface area contributed by atoms with E-state index in [1.165, 1.54) is 21.3 Å². The number of rotatable bonds is 7. The van der Waals surface area contributed by atoms with Crippen molar-refractivity contribution in [2.75, 3.05) is 28.4 Å². The summed E-state index contributed by atoms with van der Waals surface area (Å²) in [7, 11) is 6.16. The van der Waals surface area contributed by atoms with E-state index >= 15 is 0 Å². The molecule has 0 aliphatic rings. The zero-order chi connectivity index (χ0) is 18.4. The Labute approximate surface area is 147 Å². The summed E-state index contributed by atoms with van der Waals surface area (Å²) in [5.74, 6) is 1.85. The van der Waals surface area contributed by atoms with Crippen LogP contribution in [0.2, 0.25) is 0 Å². The molecule has 0 saturated carbocycles. The molecular weight excluding hydrogens is 322 g/mol. The quantitative estimate of drug-likeness (QED) is 0.835. The van der Waals surface area contributed by atoms with Crippen LogP contribution in [-0.4, -0.2) is 34.3 Å². The van der Waals surface area contributed by atoms with Gasteiger partial charge in [-0.15, -0.1) is 0 Å². The number of nitrogens with one attached hydrogen (secondary N) is 1. The lowest BCUT2D eigenvalue weighted by Crippen LogP contribution is -2.26. The Balaban J connectivity index is 2.21. The van der Waals surface area contributed by atoms with Crippen LogP contribution in [0.4, 0.5) is 0 Å². The third-order valence-electron chi connectivity index (χ3n) is 3.89. The first kappa shape index (κ1) is 18.4. The minimum Gasteiger partial charge on any atom is -0.497 e. The van der Waals surface area contributed by atoms with Gasteiger partial charge in [-0.3, -0.25) is 4.79 Å². The van der Waals surface area contributed by atoms with Gasteiger partial charge in [0.15, 0.2) is 11.5 Å². The second-order valence-electron chi connectivity index (χ2n) is 5.38. The van der Waals surface area contributed by atoms with Crippen molar-refractivity contribution in [3.05, 3.63) is 47.5 Å². The fourth-order valence-corrected chi connectivity index (χ4v) is 2.47. The molecule has 0 spiro atoms. The van der Waals surface area contributed by atoms with Gasteiger partial charge in [0.1, 0.15) is 5.75 Å². The van der Waals surface area contributed by atoms with Crippen LogP contribution in [0.25, 0.3) is 0 Å². The van der Waals surface area contributed by atoms with Crippen LogP contribution >= 0.6 is 0 Å². The monoisotopic (exact) mass is 345 g/mol. The maximum absolute atomic E-state index is 12.6. The second kappa shape index (κ2) is 8.28. The van der Waals surface area contributed by atoms with E-state index in [0.29, 0.717) is 22.8 Å². The number of carbonyl (C=O) groups excluding carboxylic acids is 1. The van der Waals surface area contributed by atoms with Crippen molar-refractivity contribution in [2.45, 2.75) is 13.0 Å². The molecule has 0 radical (unpaired) electrons. The number of hydrogen-bond donors (Lipinski definition) is 1. The summed E-state index contributed by atoms with van der Waals surface area (Å²) < 4.78 is 21.0. The molecule has 0 aliphatic carbocycles. The number of amides is 1. The van der Waals surface area contributed by atoms with Crippen LogP contribution < -0.4 is 24.3 Å². The van der Waals surface area contributed by atoms with E-state index in [1.54, 1.807) is 19.2 Å². The number of hydrogen-bond acceptors (Lipinski definition) is 5. The fourth-order valence-electron chi connectivity index (χ4n) is 2.47. The van der Waals surface area contributed by atoms with E-state index in [1.807, 2.05) is 31.2 Å². The minimum absolute atomic E-state index is 0.169. The second-order valence-corrected chi connectivity index (χ2v) is 5.38. The van der Waals surface area contributed by atoms with E-state index in [2.05, 4.69) is 5.32 Å². The predicted molar refractivity (Wildman–Crippen MR) is 95.0 cm³/mol. The summed E-state index contributed by atoms with van der Waals surface area (Å²) >= 11 is 0. The van der Waals surface area contributed by atoms with E-state index in [9.17, 15) is 4.79 Å². The van der Waals surface area contributed by atoms with Crippen LogP contribution in [0.5, 0.6) is 23.0 Å². The molecule has 6 nitrogen and oxygen atoms in total. The van der Waals surface area contributed by atoms with Crippen LogP contribution in [0.3, 0.4) is 0 Å². The van der Waals surface area contributed by atoms with Crippen molar-refractivity contribution in [1.82, 2.24) is 5.32 Å². The lowest BCUT2D eigenvalue weighted by molar-refractivity contribution is 0.0939. The Bertz CT molecular complexity index is 702. The van der Waals surface area contributed by atoms with E-state index in [-0.39, 0.29) is 11.9 Å². The van der Waals surface area contributed by atoms with Crippen LogP contribution in [0, 0.1) is 0 Å². The summed E-state index contributed by atoms with van der Waals surface area (Å²) in [6, 6.07) is 10.6. The van der Waals surface area contributed by atoms with Crippen molar-refractivity contribution in [2.24, 2.45) is 0 Å². The van der Waals surface area contributed by atoms with Crippen LogP contribution in [0.15, 0.2) is 36.4 Å². The van der Waals surface area contributed by atoms with Crippen molar-refractivity contribution in [3.8, 4) is 23.0 Å². The third-order valence-corrected chi connectivity index (χ3v) is 3.89. The Morgan fingerprint density at radius 1 is 0.880 bits per heavy atom. The highest BCUT2D eigenvalue weighted by Crippen LogP contribution is 2.38. The van der Waals surface area contributed by atoms with E-state index < -0.39 is 0 Å². The number of methoxy groups -OCH3 is 4. The Morgan fingerprint density at radius 3 is 1.88 bits per heavy atom. The Kier molecular flexibility index (Phi) is 6.11.